The summed E-state index contributed by atoms with van der Waals surface area (Å²) in [7, 11) is -3.72. The minimum Gasteiger partial charge on any atom is -0.316 e. The van der Waals surface area contributed by atoms with Crippen LogP contribution in [0.3, 0.4) is 0 Å². The number of sulfonamides is 1. The maximum Gasteiger partial charge on any atom is 0.285 e. The van der Waals surface area contributed by atoms with Gasteiger partial charge in [0.1, 0.15) is 0 Å². The van der Waals surface area contributed by atoms with Crippen molar-refractivity contribution in [2.24, 2.45) is 4.40 Å². The van der Waals surface area contributed by atoms with Crippen LogP contribution >= 0.6 is 11.3 Å². The highest BCUT2D eigenvalue weighted by atomic mass is 32.2. The lowest BCUT2D eigenvalue weighted by molar-refractivity contribution is 0.595. The van der Waals surface area contributed by atoms with Crippen LogP contribution in [0.4, 0.5) is 0 Å². The van der Waals surface area contributed by atoms with E-state index >= 15 is 0 Å². The first-order chi connectivity index (χ1) is 11.3. The van der Waals surface area contributed by atoms with Crippen molar-refractivity contribution in [3.05, 3.63) is 57.9 Å². The van der Waals surface area contributed by atoms with Crippen molar-refractivity contribution in [2.45, 2.75) is 39.1 Å². The molecule has 0 unspecified atom stereocenters. The van der Waals surface area contributed by atoms with Crippen LogP contribution in [0.25, 0.3) is 10.2 Å². The molecule has 2 aromatic carbocycles. The second-order valence-corrected chi connectivity index (χ2v) is 8.52. The van der Waals surface area contributed by atoms with Crippen LogP contribution in [-0.2, 0) is 16.6 Å². The van der Waals surface area contributed by atoms with Crippen LogP contribution in [0.5, 0.6) is 0 Å². The number of aromatic nitrogens is 1. The summed E-state index contributed by atoms with van der Waals surface area (Å²) in [4.78, 5) is 0.739. The second kappa shape index (κ2) is 6.18. The van der Waals surface area contributed by atoms with E-state index in [-0.39, 0.29) is 4.90 Å². The molecule has 3 aromatic rings. The van der Waals surface area contributed by atoms with Crippen molar-refractivity contribution in [1.82, 2.24) is 4.57 Å². The molecule has 0 fully saturated rings. The van der Waals surface area contributed by atoms with E-state index in [9.17, 15) is 8.42 Å². The fraction of sp³-hybridized carbons (Fsp3) is 0.278. The SMILES string of the molecule is CCn1c(=NS(=O)(=O)c2ccc(C)cc2)sc2c(C)cc(C)cc21. The van der Waals surface area contributed by atoms with Gasteiger partial charge in [0.2, 0.25) is 4.80 Å². The predicted octanol–water partition coefficient (Wildman–Crippen LogP) is 3.94. The molecule has 0 aliphatic rings. The van der Waals surface area contributed by atoms with Gasteiger partial charge in [-0.3, -0.25) is 0 Å². The molecule has 0 amide bonds. The van der Waals surface area contributed by atoms with E-state index in [0.29, 0.717) is 11.3 Å². The number of fused-ring (bicyclic) bond motifs is 1. The topological polar surface area (TPSA) is 51.4 Å². The van der Waals surface area contributed by atoms with E-state index in [1.165, 1.54) is 11.3 Å². The Balaban J connectivity index is 2.27. The van der Waals surface area contributed by atoms with Crippen molar-refractivity contribution in [3.8, 4) is 0 Å². The Bertz CT molecular complexity index is 1070. The van der Waals surface area contributed by atoms with Gasteiger partial charge in [-0.2, -0.15) is 8.42 Å². The Morgan fingerprint density at radius 3 is 2.33 bits per heavy atom. The fourth-order valence-electron chi connectivity index (χ4n) is 2.75. The van der Waals surface area contributed by atoms with Gasteiger partial charge in [-0.1, -0.05) is 35.1 Å². The summed E-state index contributed by atoms with van der Waals surface area (Å²) in [6, 6.07) is 11.0. The Kier molecular flexibility index (Phi) is 4.36. The van der Waals surface area contributed by atoms with Gasteiger partial charge < -0.3 is 4.57 Å². The zero-order chi connectivity index (χ0) is 17.5. The number of benzene rings is 2. The molecule has 0 atom stereocenters. The Hall–Kier alpha value is -1.92. The zero-order valence-corrected chi connectivity index (χ0v) is 15.8. The number of thiazole rings is 1. The molecular formula is C18H20N2O2S2. The lowest BCUT2D eigenvalue weighted by Gasteiger charge is -2.03. The van der Waals surface area contributed by atoms with Gasteiger partial charge in [-0.25, -0.2) is 0 Å². The highest BCUT2D eigenvalue weighted by Crippen LogP contribution is 2.24. The fourth-order valence-corrected chi connectivity index (χ4v) is 5.10. The number of rotatable bonds is 3. The Labute approximate surface area is 146 Å². The number of nitrogens with zero attached hydrogens (tertiary/aromatic N) is 2. The zero-order valence-electron chi connectivity index (χ0n) is 14.2. The highest BCUT2D eigenvalue weighted by Gasteiger charge is 2.15. The Morgan fingerprint density at radius 1 is 1.04 bits per heavy atom. The Morgan fingerprint density at radius 2 is 1.71 bits per heavy atom. The van der Waals surface area contributed by atoms with Gasteiger partial charge in [-0.15, -0.1) is 4.40 Å². The molecular weight excluding hydrogens is 340 g/mol. The molecule has 0 aliphatic carbocycles. The molecule has 3 rings (SSSR count). The van der Waals surface area contributed by atoms with Crippen LogP contribution in [0, 0.1) is 20.8 Å². The third-order valence-electron chi connectivity index (χ3n) is 3.95. The molecule has 1 aromatic heterocycles. The maximum absolute atomic E-state index is 12.6. The third kappa shape index (κ3) is 3.03. The molecule has 126 valence electrons. The van der Waals surface area contributed by atoms with Crippen LogP contribution < -0.4 is 4.80 Å². The summed E-state index contributed by atoms with van der Waals surface area (Å²) in [5, 5.41) is 0. The van der Waals surface area contributed by atoms with Crippen molar-refractivity contribution in [2.75, 3.05) is 0 Å². The van der Waals surface area contributed by atoms with Gasteiger partial charge in [-0.05, 0) is 57.0 Å². The normalized spacial score (nSPS) is 12.9. The molecule has 0 N–H and O–H groups in total. The number of hydrogen-bond donors (Lipinski definition) is 0. The lowest BCUT2D eigenvalue weighted by Crippen LogP contribution is -2.16. The van der Waals surface area contributed by atoms with Gasteiger partial charge in [0.05, 0.1) is 15.1 Å². The van der Waals surface area contributed by atoms with Crippen LogP contribution in [-0.4, -0.2) is 13.0 Å². The third-order valence-corrected chi connectivity index (χ3v) is 6.57. The molecule has 24 heavy (non-hydrogen) atoms. The summed E-state index contributed by atoms with van der Waals surface area (Å²) in [5.74, 6) is 0. The number of aryl methyl sites for hydroxylation is 4. The van der Waals surface area contributed by atoms with Crippen molar-refractivity contribution in [1.29, 1.82) is 0 Å². The quantitative estimate of drug-likeness (QED) is 0.710. The molecule has 6 heteroatoms. The van der Waals surface area contributed by atoms with Gasteiger partial charge in [0.15, 0.2) is 0 Å². The average Bonchev–Trinajstić information content (AvgIpc) is 2.84. The van der Waals surface area contributed by atoms with Crippen LogP contribution in [0.15, 0.2) is 45.7 Å². The van der Waals surface area contributed by atoms with Crippen LogP contribution in [0.2, 0.25) is 0 Å². The number of hydrogen-bond acceptors (Lipinski definition) is 3. The largest absolute Gasteiger partial charge is 0.316 e. The van der Waals surface area contributed by atoms with E-state index in [1.807, 2.05) is 32.3 Å². The minimum absolute atomic E-state index is 0.223. The average molecular weight is 361 g/mol. The summed E-state index contributed by atoms with van der Waals surface area (Å²) < 4.78 is 32.4. The van der Waals surface area contributed by atoms with E-state index in [4.69, 9.17) is 0 Å². The summed E-state index contributed by atoms with van der Waals surface area (Å²) in [6.45, 7) is 8.69. The molecule has 0 bridgehead atoms. The molecule has 1 heterocycles. The predicted molar refractivity (Wildman–Crippen MR) is 98.9 cm³/mol. The molecule has 0 radical (unpaired) electrons. The molecule has 0 saturated heterocycles. The first kappa shape index (κ1) is 16.9. The smallest absolute Gasteiger partial charge is 0.285 e. The minimum atomic E-state index is -3.72. The lowest BCUT2D eigenvalue weighted by atomic mass is 10.1. The molecule has 0 spiro atoms. The molecule has 0 saturated carbocycles. The van der Waals surface area contributed by atoms with Crippen LogP contribution in [0.1, 0.15) is 23.6 Å². The van der Waals surface area contributed by atoms with E-state index in [2.05, 4.69) is 16.5 Å². The van der Waals surface area contributed by atoms with Crippen molar-refractivity contribution >= 4 is 31.6 Å². The van der Waals surface area contributed by atoms with Gasteiger partial charge in [0, 0.05) is 6.54 Å². The summed E-state index contributed by atoms with van der Waals surface area (Å²) >= 11 is 1.43. The van der Waals surface area contributed by atoms with Gasteiger partial charge >= 0.3 is 0 Å². The first-order valence-corrected chi connectivity index (χ1v) is 10.1. The van der Waals surface area contributed by atoms with Crippen molar-refractivity contribution in [3.63, 3.8) is 0 Å². The summed E-state index contributed by atoms with van der Waals surface area (Å²) in [5.41, 5.74) is 4.36. The monoisotopic (exact) mass is 360 g/mol. The second-order valence-electron chi connectivity index (χ2n) is 5.94. The highest BCUT2D eigenvalue weighted by molar-refractivity contribution is 7.90. The first-order valence-electron chi connectivity index (χ1n) is 7.80. The van der Waals surface area contributed by atoms with Gasteiger partial charge in [0.25, 0.3) is 10.0 Å². The van der Waals surface area contributed by atoms with E-state index in [1.54, 1.807) is 24.3 Å². The molecule has 0 aliphatic heterocycles. The maximum atomic E-state index is 12.6. The molecule has 4 nitrogen and oxygen atoms in total. The summed E-state index contributed by atoms with van der Waals surface area (Å²) in [6.07, 6.45) is 0. The van der Waals surface area contributed by atoms with E-state index in [0.717, 1.165) is 26.9 Å². The van der Waals surface area contributed by atoms with E-state index < -0.39 is 10.0 Å². The standard InChI is InChI=1S/C18H20N2O2S2/c1-5-20-16-11-13(3)10-14(4)17(16)23-18(20)19-24(21,22)15-8-6-12(2)7-9-15/h6-11H,5H2,1-4H3. The van der Waals surface area contributed by atoms with Crippen molar-refractivity contribution < 1.29 is 8.42 Å².